The van der Waals surface area contributed by atoms with Crippen molar-refractivity contribution in [1.82, 2.24) is 4.90 Å². The molecule has 1 amide bonds. The van der Waals surface area contributed by atoms with E-state index in [0.717, 1.165) is 12.1 Å². The van der Waals surface area contributed by atoms with Crippen molar-refractivity contribution in [3.05, 3.63) is 88.4 Å². The Hall–Kier alpha value is -3.17. The lowest BCUT2D eigenvalue weighted by molar-refractivity contribution is 0.0742. The first-order valence-electron chi connectivity index (χ1n) is 9.72. The molecular weight excluding hydrogens is 474 g/mol. The highest BCUT2D eigenvalue weighted by atomic mass is 35.5. The third-order valence-electron chi connectivity index (χ3n) is 5.14. The van der Waals surface area contributed by atoms with Crippen molar-refractivity contribution >= 4 is 33.2 Å². The predicted molar refractivity (Wildman–Crippen MR) is 122 cm³/mol. The van der Waals surface area contributed by atoms with Gasteiger partial charge in [-0.25, -0.2) is 17.2 Å². The molecule has 0 saturated heterocycles. The van der Waals surface area contributed by atoms with E-state index >= 15 is 0 Å². The minimum absolute atomic E-state index is 0.0615. The maximum Gasteiger partial charge on any atom is 0.263 e. The van der Waals surface area contributed by atoms with Gasteiger partial charge in [0.05, 0.1) is 18.2 Å². The first-order valence-corrected chi connectivity index (χ1v) is 11.6. The van der Waals surface area contributed by atoms with E-state index in [9.17, 15) is 22.0 Å². The van der Waals surface area contributed by atoms with Crippen LogP contribution >= 0.6 is 11.6 Å². The fraction of sp³-hybridized carbons (Fsp3) is 0.174. The molecule has 0 aliphatic carbocycles. The first-order chi connectivity index (χ1) is 15.5. The van der Waals surface area contributed by atoms with Crippen molar-refractivity contribution in [1.29, 1.82) is 0 Å². The summed E-state index contributed by atoms with van der Waals surface area (Å²) in [6.45, 7) is 1.64. The number of amides is 1. The van der Waals surface area contributed by atoms with Crippen LogP contribution in [-0.2, 0) is 10.0 Å². The molecule has 0 radical (unpaired) electrons. The standard InChI is InChI=1S/C23H21ClF2N2O4S/c1-14(15-5-11-20(25)21(26)12-15)28(2)23(29)16-4-10-19(24)22(13-16)33(30,31)27-17-6-8-18(32-3)9-7-17/h4-14,27H,1-3H3/t14-/m0/s1. The van der Waals surface area contributed by atoms with Gasteiger partial charge >= 0.3 is 0 Å². The Morgan fingerprint density at radius 2 is 1.70 bits per heavy atom. The molecule has 0 aliphatic heterocycles. The zero-order valence-corrected chi connectivity index (χ0v) is 19.5. The number of benzene rings is 3. The van der Waals surface area contributed by atoms with Crippen LogP contribution in [0.15, 0.2) is 65.6 Å². The summed E-state index contributed by atoms with van der Waals surface area (Å²) in [6, 6.07) is 12.9. The summed E-state index contributed by atoms with van der Waals surface area (Å²) in [5.74, 6) is -1.98. The van der Waals surface area contributed by atoms with Gasteiger partial charge in [-0.2, -0.15) is 0 Å². The minimum atomic E-state index is -4.11. The molecule has 3 rings (SSSR count). The molecule has 0 spiro atoms. The fourth-order valence-corrected chi connectivity index (χ4v) is 4.67. The van der Waals surface area contributed by atoms with E-state index in [0.29, 0.717) is 11.3 Å². The van der Waals surface area contributed by atoms with Gasteiger partial charge in [0.15, 0.2) is 11.6 Å². The molecule has 3 aromatic rings. The summed E-state index contributed by atoms with van der Waals surface area (Å²) in [4.78, 5) is 14.0. The zero-order valence-electron chi connectivity index (χ0n) is 18.0. The van der Waals surface area contributed by atoms with Crippen LogP contribution in [0.3, 0.4) is 0 Å². The number of carbonyl (C=O) groups is 1. The smallest absolute Gasteiger partial charge is 0.263 e. The van der Waals surface area contributed by atoms with E-state index in [1.54, 1.807) is 19.1 Å². The molecule has 0 heterocycles. The summed E-state index contributed by atoms with van der Waals surface area (Å²) in [5.41, 5.74) is 0.729. The Kier molecular flexibility index (Phi) is 7.24. The Balaban J connectivity index is 1.87. The molecule has 0 unspecified atom stereocenters. The normalized spacial score (nSPS) is 12.2. The van der Waals surface area contributed by atoms with Crippen LogP contribution in [0.5, 0.6) is 5.75 Å². The number of sulfonamides is 1. The highest BCUT2D eigenvalue weighted by molar-refractivity contribution is 7.92. The molecule has 1 atom stereocenters. The van der Waals surface area contributed by atoms with Gasteiger partial charge in [-0.1, -0.05) is 17.7 Å². The monoisotopic (exact) mass is 494 g/mol. The molecule has 0 fully saturated rings. The van der Waals surface area contributed by atoms with Crippen LogP contribution in [0.2, 0.25) is 5.02 Å². The second kappa shape index (κ2) is 9.76. The number of rotatable bonds is 7. The Morgan fingerprint density at radius 1 is 1.03 bits per heavy atom. The summed E-state index contributed by atoms with van der Waals surface area (Å²) in [5, 5.41) is -0.0659. The second-order valence-electron chi connectivity index (χ2n) is 7.24. The van der Waals surface area contributed by atoms with Gasteiger partial charge < -0.3 is 9.64 Å². The van der Waals surface area contributed by atoms with Crippen LogP contribution < -0.4 is 9.46 Å². The van der Waals surface area contributed by atoms with Crippen molar-refractivity contribution in [2.45, 2.75) is 17.9 Å². The Morgan fingerprint density at radius 3 is 2.30 bits per heavy atom. The molecule has 6 nitrogen and oxygen atoms in total. The van der Waals surface area contributed by atoms with Crippen LogP contribution in [-0.4, -0.2) is 33.4 Å². The van der Waals surface area contributed by atoms with E-state index in [2.05, 4.69) is 4.72 Å². The van der Waals surface area contributed by atoms with E-state index in [-0.39, 0.29) is 21.2 Å². The van der Waals surface area contributed by atoms with Crippen molar-refractivity contribution in [3.63, 3.8) is 0 Å². The van der Waals surface area contributed by atoms with Gasteiger partial charge in [-0.15, -0.1) is 0 Å². The highest BCUT2D eigenvalue weighted by Gasteiger charge is 2.24. The lowest BCUT2D eigenvalue weighted by Crippen LogP contribution is -2.30. The first kappa shape index (κ1) is 24.5. The van der Waals surface area contributed by atoms with Gasteiger partial charge in [-0.05, 0) is 67.1 Å². The quantitative estimate of drug-likeness (QED) is 0.486. The second-order valence-corrected chi connectivity index (χ2v) is 9.30. The fourth-order valence-electron chi connectivity index (χ4n) is 3.09. The van der Waals surface area contributed by atoms with E-state index in [4.69, 9.17) is 16.3 Å². The molecule has 0 aliphatic rings. The third-order valence-corrected chi connectivity index (χ3v) is 7.00. The lowest BCUT2D eigenvalue weighted by atomic mass is 10.1. The highest BCUT2D eigenvalue weighted by Crippen LogP contribution is 2.28. The van der Waals surface area contributed by atoms with Gasteiger partial charge in [0.2, 0.25) is 0 Å². The maximum atomic E-state index is 13.6. The topological polar surface area (TPSA) is 75.7 Å². The number of halogens is 3. The van der Waals surface area contributed by atoms with Crippen molar-refractivity contribution in [3.8, 4) is 5.75 Å². The van der Waals surface area contributed by atoms with E-state index < -0.39 is 33.6 Å². The SMILES string of the molecule is COc1ccc(NS(=O)(=O)c2cc(C(=O)N(C)[C@@H](C)c3ccc(F)c(F)c3)ccc2Cl)cc1. The number of nitrogens with one attached hydrogen (secondary N) is 1. The lowest BCUT2D eigenvalue weighted by Gasteiger charge is -2.26. The van der Waals surface area contributed by atoms with Crippen molar-refractivity contribution in [2.24, 2.45) is 0 Å². The van der Waals surface area contributed by atoms with Crippen LogP contribution in [0, 0.1) is 11.6 Å². The van der Waals surface area contributed by atoms with Crippen molar-refractivity contribution < 1.29 is 26.7 Å². The van der Waals surface area contributed by atoms with Crippen LogP contribution in [0.1, 0.15) is 28.9 Å². The zero-order chi connectivity index (χ0) is 24.3. The summed E-state index contributed by atoms with van der Waals surface area (Å²) in [7, 11) is -1.14. The summed E-state index contributed by atoms with van der Waals surface area (Å²) < 4.78 is 60.1. The number of hydrogen-bond donors (Lipinski definition) is 1. The summed E-state index contributed by atoms with van der Waals surface area (Å²) in [6.07, 6.45) is 0. The number of anilines is 1. The molecule has 1 N–H and O–H groups in total. The van der Waals surface area contributed by atoms with Gasteiger partial charge in [0.1, 0.15) is 10.6 Å². The number of ether oxygens (including phenoxy) is 1. The minimum Gasteiger partial charge on any atom is -0.497 e. The third kappa shape index (κ3) is 5.43. The van der Waals surface area contributed by atoms with E-state index in [1.165, 1.54) is 55.5 Å². The molecule has 33 heavy (non-hydrogen) atoms. The largest absolute Gasteiger partial charge is 0.497 e. The Labute approximate surface area is 195 Å². The number of methoxy groups -OCH3 is 1. The Bertz CT molecular complexity index is 1280. The average molecular weight is 495 g/mol. The summed E-state index contributed by atoms with van der Waals surface area (Å²) >= 11 is 6.13. The van der Waals surface area contributed by atoms with Gasteiger partial charge in [0.25, 0.3) is 15.9 Å². The number of hydrogen-bond acceptors (Lipinski definition) is 4. The molecule has 3 aromatic carbocycles. The van der Waals surface area contributed by atoms with E-state index in [1.807, 2.05) is 0 Å². The van der Waals surface area contributed by atoms with Crippen molar-refractivity contribution in [2.75, 3.05) is 18.9 Å². The average Bonchev–Trinajstić information content (AvgIpc) is 2.80. The van der Waals surface area contributed by atoms with Gasteiger partial charge in [-0.3, -0.25) is 9.52 Å². The molecular formula is C23H21ClF2N2O4S. The molecule has 0 bridgehead atoms. The number of nitrogens with zero attached hydrogens (tertiary/aromatic N) is 1. The van der Waals surface area contributed by atoms with Crippen LogP contribution in [0.4, 0.5) is 14.5 Å². The molecule has 0 aromatic heterocycles. The predicted octanol–water partition coefficient (Wildman–Crippen LogP) is 5.26. The molecule has 0 saturated carbocycles. The molecule has 10 heteroatoms. The van der Waals surface area contributed by atoms with Gasteiger partial charge in [0, 0.05) is 18.3 Å². The maximum absolute atomic E-state index is 13.6. The molecule has 174 valence electrons. The van der Waals surface area contributed by atoms with Crippen LogP contribution in [0.25, 0.3) is 0 Å². The number of carbonyl (C=O) groups excluding carboxylic acids is 1.